The SMILES string of the molecule is Cc1ccc(N(C)c2cccc(C(F)(F)F)c2)c(CCC(=O)O)c1.N. The maximum absolute atomic E-state index is 12.9. The number of rotatable bonds is 5. The number of nitrogens with zero attached hydrogens (tertiary/aromatic N) is 1. The lowest BCUT2D eigenvalue weighted by molar-refractivity contribution is -0.138. The molecule has 0 amide bonds. The second kappa shape index (κ2) is 8.02. The van der Waals surface area contributed by atoms with Crippen LogP contribution in [0.3, 0.4) is 0 Å². The summed E-state index contributed by atoms with van der Waals surface area (Å²) in [4.78, 5) is 12.5. The Kier molecular flexibility index (Phi) is 6.58. The van der Waals surface area contributed by atoms with Crippen molar-refractivity contribution in [3.05, 3.63) is 59.2 Å². The molecule has 4 N–H and O–H groups in total. The fraction of sp³-hybridized carbons (Fsp3) is 0.278. The van der Waals surface area contributed by atoms with Gasteiger partial charge in [-0.05, 0) is 43.2 Å². The van der Waals surface area contributed by atoms with Crippen LogP contribution >= 0.6 is 0 Å². The van der Waals surface area contributed by atoms with Gasteiger partial charge in [0.05, 0.1) is 5.56 Å². The molecular weight excluding hydrogens is 333 g/mol. The van der Waals surface area contributed by atoms with Crippen LogP contribution in [0.25, 0.3) is 0 Å². The van der Waals surface area contributed by atoms with Crippen LogP contribution < -0.4 is 11.1 Å². The van der Waals surface area contributed by atoms with Crippen LogP contribution in [0.5, 0.6) is 0 Å². The van der Waals surface area contributed by atoms with Crippen LogP contribution in [0.4, 0.5) is 24.5 Å². The van der Waals surface area contributed by atoms with Gasteiger partial charge in [-0.1, -0.05) is 23.8 Å². The van der Waals surface area contributed by atoms with Gasteiger partial charge >= 0.3 is 12.1 Å². The summed E-state index contributed by atoms with van der Waals surface area (Å²) >= 11 is 0. The highest BCUT2D eigenvalue weighted by molar-refractivity contribution is 5.70. The van der Waals surface area contributed by atoms with Crippen molar-refractivity contribution in [3.8, 4) is 0 Å². The molecule has 0 aromatic heterocycles. The Bertz CT molecular complexity index is 745. The number of anilines is 2. The van der Waals surface area contributed by atoms with Gasteiger partial charge in [0.25, 0.3) is 0 Å². The van der Waals surface area contributed by atoms with E-state index in [0.29, 0.717) is 17.8 Å². The number of carboxylic acids is 1. The molecule has 0 bridgehead atoms. The van der Waals surface area contributed by atoms with Gasteiger partial charge in [0, 0.05) is 24.8 Å². The quantitative estimate of drug-likeness (QED) is 0.796. The highest BCUT2D eigenvalue weighted by atomic mass is 19.4. The van der Waals surface area contributed by atoms with Gasteiger partial charge in [-0.15, -0.1) is 0 Å². The lowest BCUT2D eigenvalue weighted by Crippen LogP contribution is -2.14. The zero-order valence-corrected chi connectivity index (χ0v) is 14.1. The van der Waals surface area contributed by atoms with Gasteiger partial charge < -0.3 is 16.2 Å². The second-order valence-corrected chi connectivity index (χ2v) is 5.63. The molecule has 0 aliphatic heterocycles. The summed E-state index contributed by atoms with van der Waals surface area (Å²) in [5, 5.41) is 8.88. The molecule has 0 saturated carbocycles. The Hall–Kier alpha value is -2.54. The van der Waals surface area contributed by atoms with Gasteiger partial charge in [-0.25, -0.2) is 0 Å². The topological polar surface area (TPSA) is 75.5 Å². The normalized spacial score (nSPS) is 10.9. The predicted octanol–water partition coefficient (Wildman–Crippen LogP) is 4.96. The van der Waals surface area contributed by atoms with Gasteiger partial charge in [0.1, 0.15) is 0 Å². The first-order chi connectivity index (χ1) is 11.2. The summed E-state index contributed by atoms with van der Waals surface area (Å²) in [6, 6.07) is 10.6. The Morgan fingerprint density at radius 2 is 1.84 bits per heavy atom. The van der Waals surface area contributed by atoms with E-state index < -0.39 is 17.7 Å². The van der Waals surface area contributed by atoms with Gasteiger partial charge in [-0.2, -0.15) is 13.2 Å². The number of carboxylic acid groups (broad SMARTS) is 1. The molecule has 0 saturated heterocycles. The van der Waals surface area contributed by atoms with Crippen LogP contribution in [0, 0.1) is 6.92 Å². The number of hydrogen-bond acceptors (Lipinski definition) is 3. The largest absolute Gasteiger partial charge is 0.481 e. The predicted molar refractivity (Wildman–Crippen MR) is 91.7 cm³/mol. The lowest BCUT2D eigenvalue weighted by Gasteiger charge is -2.24. The van der Waals surface area contributed by atoms with Crippen molar-refractivity contribution in [2.24, 2.45) is 0 Å². The number of carbonyl (C=O) groups is 1. The van der Waals surface area contributed by atoms with Crippen LogP contribution in [0.1, 0.15) is 23.1 Å². The summed E-state index contributed by atoms with van der Waals surface area (Å²) in [7, 11) is 1.67. The summed E-state index contributed by atoms with van der Waals surface area (Å²) in [5.41, 5.74) is 2.13. The molecule has 0 unspecified atom stereocenters. The Morgan fingerprint density at radius 3 is 2.44 bits per heavy atom. The summed E-state index contributed by atoms with van der Waals surface area (Å²) in [5.74, 6) is -0.913. The van der Waals surface area contributed by atoms with E-state index in [1.54, 1.807) is 24.1 Å². The van der Waals surface area contributed by atoms with Crippen LogP contribution in [0.2, 0.25) is 0 Å². The van der Waals surface area contributed by atoms with Crippen molar-refractivity contribution in [1.29, 1.82) is 0 Å². The maximum atomic E-state index is 12.9. The van der Waals surface area contributed by atoms with E-state index in [9.17, 15) is 18.0 Å². The summed E-state index contributed by atoms with van der Waals surface area (Å²) < 4.78 is 38.7. The van der Waals surface area contributed by atoms with E-state index in [1.807, 2.05) is 19.1 Å². The van der Waals surface area contributed by atoms with Crippen molar-refractivity contribution in [2.75, 3.05) is 11.9 Å². The van der Waals surface area contributed by atoms with E-state index in [1.165, 1.54) is 6.07 Å². The molecule has 7 heteroatoms. The second-order valence-electron chi connectivity index (χ2n) is 5.63. The molecule has 0 radical (unpaired) electrons. The lowest BCUT2D eigenvalue weighted by atomic mass is 10.0. The molecule has 0 aliphatic carbocycles. The van der Waals surface area contributed by atoms with Crippen molar-refractivity contribution in [1.82, 2.24) is 6.15 Å². The molecule has 0 spiro atoms. The molecule has 0 atom stereocenters. The number of hydrogen-bond donors (Lipinski definition) is 2. The van der Waals surface area contributed by atoms with Gasteiger partial charge in [-0.3, -0.25) is 4.79 Å². The van der Waals surface area contributed by atoms with Crippen LogP contribution in [-0.2, 0) is 17.4 Å². The molecule has 25 heavy (non-hydrogen) atoms. The van der Waals surface area contributed by atoms with E-state index in [-0.39, 0.29) is 12.6 Å². The third kappa shape index (κ3) is 5.22. The fourth-order valence-corrected chi connectivity index (χ4v) is 2.51. The Morgan fingerprint density at radius 1 is 1.16 bits per heavy atom. The maximum Gasteiger partial charge on any atom is 0.416 e. The number of aliphatic carboxylic acids is 1. The molecule has 0 heterocycles. The number of alkyl halides is 3. The third-order valence-corrected chi connectivity index (χ3v) is 3.77. The van der Waals surface area contributed by atoms with E-state index in [2.05, 4.69) is 0 Å². The molecule has 2 aromatic rings. The van der Waals surface area contributed by atoms with E-state index in [4.69, 9.17) is 5.11 Å². The third-order valence-electron chi connectivity index (χ3n) is 3.77. The Balaban J connectivity index is 0.00000312. The first-order valence-corrected chi connectivity index (χ1v) is 7.41. The van der Waals surface area contributed by atoms with Crippen LogP contribution in [-0.4, -0.2) is 18.1 Å². The molecule has 4 nitrogen and oxygen atoms in total. The van der Waals surface area contributed by atoms with Crippen LogP contribution in [0.15, 0.2) is 42.5 Å². The van der Waals surface area contributed by atoms with E-state index >= 15 is 0 Å². The molecule has 136 valence electrons. The number of aryl methyl sites for hydroxylation is 2. The average Bonchev–Trinajstić information content (AvgIpc) is 2.51. The summed E-state index contributed by atoms with van der Waals surface area (Å²) in [6.45, 7) is 1.89. The highest BCUT2D eigenvalue weighted by Crippen LogP contribution is 2.34. The minimum Gasteiger partial charge on any atom is -0.481 e. The molecular formula is C18H21F3N2O2. The summed E-state index contributed by atoms with van der Waals surface area (Å²) in [6.07, 6.45) is -4.13. The zero-order chi connectivity index (χ0) is 17.9. The van der Waals surface area contributed by atoms with E-state index in [0.717, 1.165) is 23.3 Å². The fourth-order valence-electron chi connectivity index (χ4n) is 2.51. The van der Waals surface area contributed by atoms with Crippen molar-refractivity contribution in [3.63, 3.8) is 0 Å². The smallest absolute Gasteiger partial charge is 0.416 e. The van der Waals surface area contributed by atoms with Gasteiger partial charge in [0.15, 0.2) is 0 Å². The first-order valence-electron chi connectivity index (χ1n) is 7.41. The van der Waals surface area contributed by atoms with Crippen molar-refractivity contribution < 1.29 is 23.1 Å². The zero-order valence-electron chi connectivity index (χ0n) is 14.1. The van der Waals surface area contributed by atoms with Gasteiger partial charge in [0.2, 0.25) is 0 Å². The molecule has 0 aliphatic rings. The standard InChI is InChI=1S/C18H18F3NO2.H3N/c1-12-6-8-16(13(10-12)7-9-17(23)24)22(2)15-5-3-4-14(11-15)18(19,20)21;/h3-6,8,10-11H,7,9H2,1-2H3,(H,23,24);1H3. The highest BCUT2D eigenvalue weighted by Gasteiger charge is 2.30. The van der Waals surface area contributed by atoms with Crippen molar-refractivity contribution >= 4 is 17.3 Å². The first kappa shape index (κ1) is 20.5. The van der Waals surface area contributed by atoms with Crippen molar-refractivity contribution in [2.45, 2.75) is 25.9 Å². The molecule has 0 fully saturated rings. The minimum absolute atomic E-state index is 0. The molecule has 2 rings (SSSR count). The minimum atomic E-state index is -4.41. The number of benzene rings is 2. The average molecular weight is 354 g/mol. The Labute approximate surface area is 144 Å². The monoisotopic (exact) mass is 354 g/mol. The number of halogens is 3. The molecule has 2 aromatic carbocycles.